The molecule has 2 aromatic rings. The second-order valence-electron chi connectivity index (χ2n) is 3.12. The first-order valence-corrected chi connectivity index (χ1v) is 4.18. The van der Waals surface area contributed by atoms with Gasteiger partial charge in [0.2, 0.25) is 0 Å². The van der Waals surface area contributed by atoms with Crippen LogP contribution in [0.3, 0.4) is 0 Å². The number of nitrogens with zero attached hydrogens (tertiary/aromatic N) is 4. The number of imidazole rings is 1. The molecule has 2 rings (SSSR count). The Morgan fingerprint density at radius 3 is 2.71 bits per heavy atom. The molecule has 14 heavy (non-hydrogen) atoms. The Morgan fingerprint density at radius 1 is 1.43 bits per heavy atom. The Labute approximate surface area is 79.7 Å². The minimum Gasteiger partial charge on any atom is -0.302 e. The molecule has 2 aromatic heterocycles. The van der Waals surface area contributed by atoms with Crippen molar-refractivity contribution in [2.24, 2.45) is 7.05 Å². The van der Waals surface area contributed by atoms with E-state index in [0.717, 1.165) is 0 Å². The third-order valence-electron chi connectivity index (χ3n) is 2.08. The van der Waals surface area contributed by atoms with Gasteiger partial charge in [-0.25, -0.2) is 9.42 Å². The zero-order valence-corrected chi connectivity index (χ0v) is 7.97. The van der Waals surface area contributed by atoms with Gasteiger partial charge in [0.25, 0.3) is 0 Å². The largest absolute Gasteiger partial charge is 0.328 e. The molecule has 0 radical (unpaired) electrons. The third-order valence-corrected chi connectivity index (χ3v) is 2.08. The molecule has 0 saturated carbocycles. The molecule has 0 bridgehead atoms. The molecule has 6 nitrogen and oxygen atoms in total. The van der Waals surface area contributed by atoms with E-state index in [2.05, 4.69) is 14.9 Å². The fourth-order valence-electron chi connectivity index (χ4n) is 1.19. The first kappa shape index (κ1) is 8.74. The zero-order valence-electron chi connectivity index (χ0n) is 7.97. The lowest BCUT2D eigenvalue weighted by atomic mass is 10.3. The maximum atomic E-state index is 11.5. The van der Waals surface area contributed by atoms with Gasteiger partial charge in [-0.3, -0.25) is 4.57 Å². The minimum atomic E-state index is -0.0765. The molecular weight excluding hydrogens is 184 g/mol. The second-order valence-corrected chi connectivity index (χ2v) is 3.12. The normalized spacial score (nSPS) is 10.7. The van der Waals surface area contributed by atoms with Crippen molar-refractivity contribution in [1.82, 2.24) is 19.4 Å². The molecule has 0 N–H and O–H groups in total. The number of aromatic nitrogens is 4. The van der Waals surface area contributed by atoms with Gasteiger partial charge in [-0.1, -0.05) is 10.3 Å². The number of rotatable bonds is 2. The molecule has 0 aliphatic heterocycles. The van der Waals surface area contributed by atoms with Crippen LogP contribution in [0.25, 0.3) is 0 Å². The topological polar surface area (TPSA) is 65.8 Å². The van der Waals surface area contributed by atoms with E-state index in [4.69, 9.17) is 0 Å². The third kappa shape index (κ3) is 1.34. The van der Waals surface area contributed by atoms with Gasteiger partial charge in [-0.05, 0) is 6.92 Å². The van der Waals surface area contributed by atoms with Gasteiger partial charge in [-0.2, -0.15) is 0 Å². The molecule has 0 aliphatic carbocycles. The summed E-state index contributed by atoms with van der Waals surface area (Å²) in [5, 5.41) is 7.35. The van der Waals surface area contributed by atoms with Crippen LogP contribution < -0.4 is 5.69 Å². The van der Waals surface area contributed by atoms with Crippen LogP contribution in [0, 0.1) is 6.92 Å². The van der Waals surface area contributed by atoms with Crippen molar-refractivity contribution in [3.8, 4) is 0 Å². The molecule has 0 atom stereocenters. The summed E-state index contributed by atoms with van der Waals surface area (Å²) < 4.78 is 7.59. The van der Waals surface area contributed by atoms with E-state index in [9.17, 15) is 4.79 Å². The van der Waals surface area contributed by atoms with Crippen molar-refractivity contribution < 1.29 is 4.63 Å². The van der Waals surface area contributed by atoms with Crippen molar-refractivity contribution >= 4 is 0 Å². The fourth-order valence-corrected chi connectivity index (χ4v) is 1.19. The van der Waals surface area contributed by atoms with Gasteiger partial charge in [0.15, 0.2) is 0 Å². The van der Waals surface area contributed by atoms with Gasteiger partial charge in [0.05, 0.1) is 6.54 Å². The van der Waals surface area contributed by atoms with Crippen molar-refractivity contribution in [3.05, 3.63) is 34.3 Å². The molecular formula is C8H10N4O2. The first-order chi connectivity index (χ1) is 6.68. The molecule has 0 saturated heterocycles. The highest BCUT2D eigenvalue weighted by Crippen LogP contribution is 2.01. The average molecular weight is 194 g/mol. The summed E-state index contributed by atoms with van der Waals surface area (Å²) in [6.07, 6.45) is 3.40. The second kappa shape index (κ2) is 3.13. The SMILES string of the molecule is Cc1nonc1Cn1ccn(C)c1=O. The van der Waals surface area contributed by atoms with Crippen LogP contribution in [0.15, 0.2) is 21.8 Å². The first-order valence-electron chi connectivity index (χ1n) is 4.18. The lowest BCUT2D eigenvalue weighted by molar-refractivity contribution is 0.300. The van der Waals surface area contributed by atoms with Crippen molar-refractivity contribution in [1.29, 1.82) is 0 Å². The summed E-state index contributed by atoms with van der Waals surface area (Å²) in [6.45, 7) is 2.19. The summed E-state index contributed by atoms with van der Waals surface area (Å²) in [7, 11) is 1.70. The van der Waals surface area contributed by atoms with E-state index < -0.39 is 0 Å². The lowest BCUT2D eigenvalue weighted by Crippen LogP contribution is -2.22. The number of aryl methyl sites for hydroxylation is 2. The van der Waals surface area contributed by atoms with Crippen molar-refractivity contribution in [2.45, 2.75) is 13.5 Å². The highest BCUT2D eigenvalue weighted by atomic mass is 16.6. The Hall–Kier alpha value is -1.85. The summed E-state index contributed by atoms with van der Waals surface area (Å²) in [4.78, 5) is 11.5. The minimum absolute atomic E-state index is 0.0765. The summed E-state index contributed by atoms with van der Waals surface area (Å²) in [6, 6.07) is 0. The van der Waals surface area contributed by atoms with E-state index >= 15 is 0 Å². The molecule has 0 spiro atoms. The van der Waals surface area contributed by atoms with Gasteiger partial charge < -0.3 is 4.57 Å². The molecule has 0 aliphatic rings. The van der Waals surface area contributed by atoms with Gasteiger partial charge >= 0.3 is 5.69 Å². The summed E-state index contributed by atoms with van der Waals surface area (Å²) in [5.41, 5.74) is 1.31. The Balaban J connectivity index is 2.32. The maximum absolute atomic E-state index is 11.5. The van der Waals surface area contributed by atoms with Crippen molar-refractivity contribution in [2.75, 3.05) is 0 Å². The van der Waals surface area contributed by atoms with Crippen LogP contribution in [0.5, 0.6) is 0 Å². The van der Waals surface area contributed by atoms with E-state index in [0.29, 0.717) is 17.9 Å². The van der Waals surface area contributed by atoms with Crippen LogP contribution in [0.4, 0.5) is 0 Å². The molecule has 0 amide bonds. The van der Waals surface area contributed by atoms with Crippen LogP contribution in [-0.2, 0) is 13.6 Å². The zero-order chi connectivity index (χ0) is 10.1. The smallest absolute Gasteiger partial charge is 0.302 e. The Morgan fingerprint density at radius 2 is 2.21 bits per heavy atom. The van der Waals surface area contributed by atoms with E-state index in [1.165, 1.54) is 4.57 Å². The van der Waals surface area contributed by atoms with E-state index in [1.54, 1.807) is 30.9 Å². The summed E-state index contributed by atoms with van der Waals surface area (Å²) >= 11 is 0. The molecule has 0 unspecified atom stereocenters. The van der Waals surface area contributed by atoms with Gasteiger partial charge in [0, 0.05) is 19.4 Å². The molecule has 2 heterocycles. The molecule has 74 valence electrons. The van der Waals surface area contributed by atoms with Crippen molar-refractivity contribution in [3.63, 3.8) is 0 Å². The van der Waals surface area contributed by atoms with Gasteiger partial charge in [0.1, 0.15) is 11.4 Å². The van der Waals surface area contributed by atoms with Crippen LogP contribution >= 0.6 is 0 Å². The Kier molecular flexibility index (Phi) is 1.95. The lowest BCUT2D eigenvalue weighted by Gasteiger charge is -1.96. The number of hydrogen-bond acceptors (Lipinski definition) is 4. The number of hydrogen-bond donors (Lipinski definition) is 0. The van der Waals surface area contributed by atoms with Crippen LogP contribution in [0.2, 0.25) is 0 Å². The standard InChI is InChI=1S/C8H10N4O2/c1-6-7(10-14-9-6)5-12-4-3-11(2)8(12)13/h3-4H,5H2,1-2H3. The quantitative estimate of drug-likeness (QED) is 0.671. The highest BCUT2D eigenvalue weighted by Gasteiger charge is 2.07. The molecule has 0 fully saturated rings. The monoisotopic (exact) mass is 194 g/mol. The Bertz CT molecular complexity index is 493. The summed E-state index contributed by atoms with van der Waals surface area (Å²) in [5.74, 6) is 0. The van der Waals surface area contributed by atoms with E-state index in [-0.39, 0.29) is 5.69 Å². The predicted molar refractivity (Wildman–Crippen MR) is 47.8 cm³/mol. The highest BCUT2D eigenvalue weighted by molar-refractivity contribution is 5.05. The predicted octanol–water partition coefficient (Wildman–Crippen LogP) is -0.0735. The molecule has 6 heteroatoms. The van der Waals surface area contributed by atoms with Crippen LogP contribution in [-0.4, -0.2) is 19.4 Å². The maximum Gasteiger partial charge on any atom is 0.328 e. The molecule has 0 aromatic carbocycles. The van der Waals surface area contributed by atoms with Crippen LogP contribution in [0.1, 0.15) is 11.4 Å². The average Bonchev–Trinajstić information content (AvgIpc) is 2.68. The van der Waals surface area contributed by atoms with Gasteiger partial charge in [-0.15, -0.1) is 0 Å². The van der Waals surface area contributed by atoms with E-state index in [1.807, 2.05) is 0 Å². The fraction of sp³-hybridized carbons (Fsp3) is 0.375.